The first kappa shape index (κ1) is 22.4. The van der Waals surface area contributed by atoms with Gasteiger partial charge in [-0.1, -0.05) is 0 Å². The lowest BCUT2D eigenvalue weighted by atomic mass is 9.92. The summed E-state index contributed by atoms with van der Waals surface area (Å²) in [5.74, 6) is -4.51. The molecule has 1 N–H and O–H groups in total. The van der Waals surface area contributed by atoms with Gasteiger partial charge in [0.2, 0.25) is 11.8 Å². The first-order chi connectivity index (χ1) is 15.3. The largest absolute Gasteiger partial charge is 0.480 e. The number of carbonyl (C=O) groups is 1. The van der Waals surface area contributed by atoms with Crippen molar-refractivity contribution in [2.24, 2.45) is 0 Å². The zero-order valence-electron chi connectivity index (χ0n) is 17.8. The number of ether oxygens (including phenoxy) is 1. The van der Waals surface area contributed by atoms with Gasteiger partial charge in [0.15, 0.2) is 0 Å². The van der Waals surface area contributed by atoms with Gasteiger partial charge in [-0.15, -0.1) is 0 Å². The third kappa shape index (κ3) is 4.66. The Hall–Kier alpha value is -2.84. The van der Waals surface area contributed by atoms with Crippen LogP contribution in [0.4, 0.5) is 23.2 Å². The Morgan fingerprint density at radius 2 is 1.75 bits per heavy atom. The molecule has 2 aromatic rings. The van der Waals surface area contributed by atoms with E-state index in [-0.39, 0.29) is 48.7 Å². The molecule has 1 aromatic heterocycles. The van der Waals surface area contributed by atoms with Crippen LogP contribution in [0.5, 0.6) is 5.88 Å². The van der Waals surface area contributed by atoms with Gasteiger partial charge in [0, 0.05) is 44.2 Å². The number of nitrogens with zero attached hydrogens (tertiary/aromatic N) is 2. The van der Waals surface area contributed by atoms with Crippen molar-refractivity contribution in [1.82, 2.24) is 10.3 Å². The van der Waals surface area contributed by atoms with Crippen molar-refractivity contribution in [2.75, 3.05) is 25.1 Å². The Morgan fingerprint density at radius 1 is 1.12 bits per heavy atom. The van der Waals surface area contributed by atoms with Crippen LogP contribution in [-0.2, 0) is 0 Å². The normalized spacial score (nSPS) is 18.6. The predicted molar refractivity (Wildman–Crippen MR) is 112 cm³/mol. The third-order valence-electron chi connectivity index (χ3n) is 6.08. The van der Waals surface area contributed by atoms with E-state index in [0.717, 1.165) is 18.9 Å². The first-order valence-electron chi connectivity index (χ1n) is 10.7. The number of methoxy groups -OCH3 is 1. The number of amides is 1. The SMILES string of the molecule is COc1ncc(C(=O)NC2CCC(F)(F)CC2)c(N2CCCC2)c1-c1cc(F)cc(F)c1. The number of nitrogens with one attached hydrogen (secondary N) is 1. The van der Waals surface area contributed by atoms with Crippen LogP contribution < -0.4 is 15.0 Å². The van der Waals surface area contributed by atoms with E-state index >= 15 is 0 Å². The quantitative estimate of drug-likeness (QED) is 0.654. The molecule has 0 radical (unpaired) electrons. The van der Waals surface area contributed by atoms with Crippen LogP contribution >= 0.6 is 0 Å². The maximum Gasteiger partial charge on any atom is 0.255 e. The summed E-state index contributed by atoms with van der Waals surface area (Å²) in [6, 6.07) is 2.75. The summed E-state index contributed by atoms with van der Waals surface area (Å²) in [5, 5.41) is 2.85. The van der Waals surface area contributed by atoms with E-state index < -0.39 is 23.5 Å². The molecule has 2 fully saturated rings. The van der Waals surface area contributed by atoms with E-state index in [1.807, 2.05) is 4.90 Å². The van der Waals surface area contributed by atoms with Crippen LogP contribution in [0.15, 0.2) is 24.4 Å². The van der Waals surface area contributed by atoms with Gasteiger partial charge in [-0.2, -0.15) is 0 Å². The monoisotopic (exact) mass is 451 g/mol. The van der Waals surface area contributed by atoms with Crippen LogP contribution in [0.1, 0.15) is 48.9 Å². The molecule has 1 aromatic carbocycles. The number of benzene rings is 1. The average Bonchev–Trinajstić information content (AvgIpc) is 3.28. The van der Waals surface area contributed by atoms with Gasteiger partial charge >= 0.3 is 0 Å². The van der Waals surface area contributed by atoms with Crippen molar-refractivity contribution < 1.29 is 27.1 Å². The zero-order valence-corrected chi connectivity index (χ0v) is 17.8. The van der Waals surface area contributed by atoms with Gasteiger partial charge in [-0.3, -0.25) is 4.79 Å². The number of hydrogen-bond donors (Lipinski definition) is 1. The topological polar surface area (TPSA) is 54.5 Å². The second kappa shape index (κ2) is 8.96. The Bertz CT molecular complexity index is 979. The minimum Gasteiger partial charge on any atom is -0.480 e. The number of carbonyl (C=O) groups excluding carboxylic acids is 1. The number of anilines is 1. The molecule has 5 nitrogen and oxygen atoms in total. The molecule has 4 rings (SSSR count). The number of rotatable bonds is 5. The molecular weight excluding hydrogens is 426 g/mol. The minimum absolute atomic E-state index is 0.144. The summed E-state index contributed by atoms with van der Waals surface area (Å²) in [4.78, 5) is 19.4. The highest BCUT2D eigenvalue weighted by Gasteiger charge is 2.36. The summed E-state index contributed by atoms with van der Waals surface area (Å²) in [7, 11) is 1.40. The lowest BCUT2D eigenvalue weighted by molar-refractivity contribution is -0.0399. The maximum absolute atomic E-state index is 14.0. The summed E-state index contributed by atoms with van der Waals surface area (Å²) in [6.07, 6.45) is 3.00. The first-order valence-corrected chi connectivity index (χ1v) is 10.7. The molecular formula is C23H25F4N3O2. The Labute approximate surface area is 183 Å². The molecule has 0 bridgehead atoms. The Kier molecular flexibility index (Phi) is 6.26. The lowest BCUT2D eigenvalue weighted by Gasteiger charge is -2.30. The van der Waals surface area contributed by atoms with Crippen LogP contribution in [0.3, 0.4) is 0 Å². The van der Waals surface area contributed by atoms with Gasteiger partial charge in [0.25, 0.3) is 5.91 Å². The summed E-state index contributed by atoms with van der Waals surface area (Å²) < 4.78 is 60.4. The van der Waals surface area contributed by atoms with E-state index in [4.69, 9.17) is 4.74 Å². The predicted octanol–water partition coefficient (Wildman–Crippen LogP) is 4.94. The van der Waals surface area contributed by atoms with Crippen molar-refractivity contribution >= 4 is 11.6 Å². The number of hydrogen-bond acceptors (Lipinski definition) is 4. The summed E-state index contributed by atoms with van der Waals surface area (Å²) >= 11 is 0. The van der Waals surface area contributed by atoms with Gasteiger partial charge in [0.1, 0.15) is 11.6 Å². The second-order valence-corrected chi connectivity index (χ2v) is 8.36. The van der Waals surface area contributed by atoms with E-state index in [9.17, 15) is 22.4 Å². The van der Waals surface area contributed by atoms with E-state index in [1.54, 1.807) is 0 Å². The molecule has 9 heteroatoms. The highest BCUT2D eigenvalue weighted by molar-refractivity contribution is 6.04. The van der Waals surface area contributed by atoms with E-state index in [1.165, 1.54) is 25.4 Å². The summed E-state index contributed by atoms with van der Waals surface area (Å²) in [6.45, 7) is 1.32. The van der Waals surface area contributed by atoms with E-state index in [2.05, 4.69) is 10.3 Å². The smallest absolute Gasteiger partial charge is 0.255 e. The molecule has 1 aliphatic heterocycles. The molecule has 2 aliphatic rings. The Morgan fingerprint density at radius 3 is 2.34 bits per heavy atom. The number of halogens is 4. The molecule has 0 spiro atoms. The zero-order chi connectivity index (χ0) is 22.9. The van der Waals surface area contributed by atoms with Crippen molar-refractivity contribution in [1.29, 1.82) is 0 Å². The second-order valence-electron chi connectivity index (χ2n) is 8.36. The molecule has 172 valence electrons. The fraction of sp³-hybridized carbons (Fsp3) is 0.478. The fourth-order valence-electron chi connectivity index (χ4n) is 4.48. The molecule has 0 unspecified atom stereocenters. The highest BCUT2D eigenvalue weighted by atomic mass is 19.3. The van der Waals surface area contributed by atoms with Gasteiger partial charge in [-0.25, -0.2) is 22.5 Å². The van der Waals surface area contributed by atoms with Gasteiger partial charge < -0.3 is 15.0 Å². The van der Waals surface area contributed by atoms with Crippen molar-refractivity contribution in [3.05, 3.63) is 41.6 Å². The number of alkyl halides is 2. The van der Waals surface area contributed by atoms with Crippen LogP contribution in [-0.4, -0.2) is 43.1 Å². The molecule has 0 atom stereocenters. The minimum atomic E-state index is -2.70. The molecule has 32 heavy (non-hydrogen) atoms. The molecule has 2 heterocycles. The summed E-state index contributed by atoms with van der Waals surface area (Å²) in [5.41, 5.74) is 1.25. The van der Waals surface area contributed by atoms with E-state index in [0.29, 0.717) is 24.3 Å². The van der Waals surface area contributed by atoms with Crippen LogP contribution in [0.25, 0.3) is 11.1 Å². The van der Waals surface area contributed by atoms with Crippen LogP contribution in [0, 0.1) is 11.6 Å². The third-order valence-corrected chi connectivity index (χ3v) is 6.08. The van der Waals surface area contributed by atoms with Gasteiger partial charge in [-0.05, 0) is 43.4 Å². The molecule has 1 amide bonds. The molecule has 1 saturated heterocycles. The maximum atomic E-state index is 14.0. The van der Waals surface area contributed by atoms with Crippen molar-refractivity contribution in [3.8, 4) is 17.0 Å². The van der Waals surface area contributed by atoms with Crippen molar-refractivity contribution in [2.45, 2.75) is 50.5 Å². The fourth-order valence-corrected chi connectivity index (χ4v) is 4.48. The van der Waals surface area contributed by atoms with Crippen LogP contribution in [0.2, 0.25) is 0 Å². The lowest BCUT2D eigenvalue weighted by Crippen LogP contribution is -2.41. The molecule has 1 aliphatic carbocycles. The highest BCUT2D eigenvalue weighted by Crippen LogP contribution is 2.42. The average molecular weight is 451 g/mol. The standard InChI is InChI=1S/C23H25F4N3O2/c1-32-22-19(14-10-15(24)12-16(25)11-14)20(30-8-2-3-9-30)18(13-28-22)21(31)29-17-4-6-23(26,27)7-5-17/h10-13,17H,2-9H2,1H3,(H,29,31). The number of pyridine rings is 1. The molecule has 1 saturated carbocycles. The van der Waals surface area contributed by atoms with Gasteiger partial charge in [0.05, 0.1) is 23.9 Å². The number of aromatic nitrogens is 1. The van der Waals surface area contributed by atoms with Crippen molar-refractivity contribution in [3.63, 3.8) is 0 Å². The Balaban J connectivity index is 1.76.